The highest BCUT2D eigenvalue weighted by molar-refractivity contribution is 5.89. The van der Waals surface area contributed by atoms with Gasteiger partial charge in [-0.15, -0.1) is 0 Å². The average Bonchev–Trinajstić information content (AvgIpc) is 3.03. The molecule has 1 atom stereocenters. The lowest BCUT2D eigenvalue weighted by Gasteiger charge is -2.42. The first-order valence-electron chi connectivity index (χ1n) is 7.99. The lowest BCUT2D eigenvalue weighted by Crippen LogP contribution is -2.59. The molecule has 2 N–H and O–H groups in total. The van der Waals surface area contributed by atoms with Crippen LogP contribution >= 0.6 is 0 Å². The number of benzene rings is 1. The lowest BCUT2D eigenvalue weighted by molar-refractivity contribution is -0.0245. The van der Waals surface area contributed by atoms with Gasteiger partial charge in [0.25, 0.3) is 0 Å². The zero-order valence-corrected chi connectivity index (χ0v) is 13.3. The molecule has 132 valence electrons. The summed E-state index contributed by atoms with van der Waals surface area (Å²) in [5.74, 6) is -1.47. The molecule has 2 saturated heterocycles. The molecule has 2 amide bonds. The van der Waals surface area contributed by atoms with Gasteiger partial charge in [0.1, 0.15) is 11.6 Å². The predicted molar refractivity (Wildman–Crippen MR) is 83.9 cm³/mol. The number of halogens is 2. The van der Waals surface area contributed by atoms with E-state index in [2.05, 4.69) is 15.5 Å². The van der Waals surface area contributed by atoms with Gasteiger partial charge in [-0.3, -0.25) is 4.90 Å². The van der Waals surface area contributed by atoms with Crippen LogP contribution < -0.4 is 10.6 Å². The first-order valence-corrected chi connectivity index (χ1v) is 7.99. The number of urea groups is 1. The second-order valence-corrected chi connectivity index (χ2v) is 6.09. The summed E-state index contributed by atoms with van der Waals surface area (Å²) in [5, 5.41) is 5.25. The van der Waals surface area contributed by atoms with Gasteiger partial charge in [-0.1, -0.05) is 0 Å². The van der Waals surface area contributed by atoms with Gasteiger partial charge in [0.15, 0.2) is 0 Å². The van der Waals surface area contributed by atoms with Crippen LogP contribution in [0, 0.1) is 11.6 Å². The molecule has 3 rings (SSSR count). The Morgan fingerprint density at radius 2 is 1.83 bits per heavy atom. The summed E-state index contributed by atoms with van der Waals surface area (Å²) >= 11 is 0. The van der Waals surface area contributed by atoms with Crippen molar-refractivity contribution in [3.8, 4) is 0 Å². The van der Waals surface area contributed by atoms with Crippen molar-refractivity contribution in [3.63, 3.8) is 0 Å². The Morgan fingerprint density at radius 1 is 1.12 bits per heavy atom. The van der Waals surface area contributed by atoms with Crippen molar-refractivity contribution >= 4 is 11.7 Å². The van der Waals surface area contributed by atoms with E-state index in [0.717, 1.165) is 37.7 Å². The number of hydrogen-bond acceptors (Lipinski definition) is 4. The molecule has 2 fully saturated rings. The third-order valence-corrected chi connectivity index (χ3v) is 4.46. The van der Waals surface area contributed by atoms with Gasteiger partial charge in [-0.25, -0.2) is 13.6 Å². The summed E-state index contributed by atoms with van der Waals surface area (Å²) in [5.41, 5.74) is -0.179. The third kappa shape index (κ3) is 4.00. The number of rotatable bonds is 4. The Hall–Kier alpha value is -1.77. The summed E-state index contributed by atoms with van der Waals surface area (Å²) in [6, 6.07) is 2.39. The number of nitrogens with zero attached hydrogens (tertiary/aromatic N) is 1. The molecule has 24 heavy (non-hydrogen) atoms. The highest BCUT2D eigenvalue weighted by Gasteiger charge is 2.41. The topological polar surface area (TPSA) is 62.8 Å². The van der Waals surface area contributed by atoms with Crippen LogP contribution in [0.5, 0.6) is 0 Å². The second kappa shape index (κ2) is 7.42. The normalized spacial score (nSPS) is 24.8. The predicted octanol–water partition coefficient (Wildman–Crippen LogP) is 1.58. The number of ether oxygens (including phenoxy) is 2. The molecule has 0 bridgehead atoms. The Morgan fingerprint density at radius 3 is 2.46 bits per heavy atom. The minimum Gasteiger partial charge on any atom is -0.379 e. The molecule has 8 heteroatoms. The average molecular weight is 341 g/mol. The zero-order valence-electron chi connectivity index (χ0n) is 13.3. The molecule has 2 aliphatic rings. The summed E-state index contributed by atoms with van der Waals surface area (Å²) in [6.45, 7) is 4.50. The van der Waals surface area contributed by atoms with Gasteiger partial charge < -0.3 is 20.1 Å². The van der Waals surface area contributed by atoms with Crippen molar-refractivity contribution < 1.29 is 23.0 Å². The fraction of sp³-hybridized carbons (Fsp3) is 0.562. The van der Waals surface area contributed by atoms with Gasteiger partial charge in [0.2, 0.25) is 0 Å². The monoisotopic (exact) mass is 341 g/mol. The number of nitrogens with one attached hydrogen (secondary N) is 2. The molecule has 1 unspecified atom stereocenters. The van der Waals surface area contributed by atoms with E-state index in [1.165, 1.54) is 0 Å². The summed E-state index contributed by atoms with van der Waals surface area (Å²) in [7, 11) is 0. The molecule has 0 spiro atoms. The molecule has 1 aromatic rings. The molecule has 2 aliphatic heterocycles. The Balaban J connectivity index is 1.59. The quantitative estimate of drug-likeness (QED) is 0.873. The molecule has 6 nitrogen and oxygen atoms in total. The van der Waals surface area contributed by atoms with Crippen molar-refractivity contribution in [2.45, 2.75) is 12.0 Å². The summed E-state index contributed by atoms with van der Waals surface area (Å²) < 4.78 is 37.3. The number of carbonyl (C=O) groups is 1. The van der Waals surface area contributed by atoms with Crippen LogP contribution in [-0.2, 0) is 9.47 Å². The van der Waals surface area contributed by atoms with Crippen molar-refractivity contribution in [3.05, 3.63) is 29.8 Å². The van der Waals surface area contributed by atoms with Crippen molar-refractivity contribution in [1.82, 2.24) is 10.2 Å². The molecule has 2 heterocycles. The minimum absolute atomic E-state index is 0.0769. The Labute approximate surface area is 139 Å². The van der Waals surface area contributed by atoms with E-state index >= 15 is 0 Å². The largest absolute Gasteiger partial charge is 0.379 e. The van der Waals surface area contributed by atoms with E-state index in [0.29, 0.717) is 33.0 Å². The molecule has 0 aliphatic carbocycles. The number of morpholine rings is 1. The Kier molecular flexibility index (Phi) is 5.27. The van der Waals surface area contributed by atoms with E-state index < -0.39 is 17.7 Å². The molecule has 0 radical (unpaired) electrons. The number of amides is 2. The maximum absolute atomic E-state index is 13.2. The zero-order chi connectivity index (χ0) is 17.0. The van der Waals surface area contributed by atoms with Gasteiger partial charge in [-0.2, -0.15) is 0 Å². The van der Waals surface area contributed by atoms with E-state index in [9.17, 15) is 13.6 Å². The van der Waals surface area contributed by atoms with Crippen LogP contribution in [-0.4, -0.2) is 62.5 Å². The number of anilines is 1. The van der Waals surface area contributed by atoms with Gasteiger partial charge in [0, 0.05) is 38.0 Å². The van der Waals surface area contributed by atoms with Gasteiger partial charge in [0.05, 0.1) is 25.4 Å². The van der Waals surface area contributed by atoms with Crippen LogP contribution in [0.2, 0.25) is 0 Å². The molecule has 0 aromatic heterocycles. The maximum Gasteiger partial charge on any atom is 0.319 e. The van der Waals surface area contributed by atoms with E-state index in [1.807, 2.05) is 0 Å². The summed E-state index contributed by atoms with van der Waals surface area (Å²) in [6.07, 6.45) is 0.821. The van der Waals surface area contributed by atoms with Gasteiger partial charge >= 0.3 is 6.03 Å². The number of carbonyl (C=O) groups excluding carboxylic acids is 1. The first-order chi connectivity index (χ1) is 11.6. The third-order valence-electron chi connectivity index (χ3n) is 4.46. The van der Waals surface area contributed by atoms with E-state index in [4.69, 9.17) is 9.47 Å². The highest BCUT2D eigenvalue weighted by atomic mass is 19.1. The van der Waals surface area contributed by atoms with Crippen LogP contribution in [0.15, 0.2) is 18.2 Å². The van der Waals surface area contributed by atoms with Crippen LogP contribution in [0.4, 0.5) is 19.3 Å². The lowest BCUT2D eigenvalue weighted by atomic mass is 9.95. The van der Waals surface area contributed by atoms with E-state index in [1.54, 1.807) is 0 Å². The Bertz CT molecular complexity index is 568. The van der Waals surface area contributed by atoms with Gasteiger partial charge in [-0.05, 0) is 18.6 Å². The fourth-order valence-electron chi connectivity index (χ4n) is 3.18. The maximum atomic E-state index is 13.2. The minimum atomic E-state index is -0.737. The van der Waals surface area contributed by atoms with Crippen LogP contribution in [0.3, 0.4) is 0 Å². The SMILES string of the molecule is O=C(NCC1(N2CCOCC2)CCOC1)Nc1cc(F)cc(F)c1. The first kappa shape index (κ1) is 17.1. The standard InChI is InChI=1S/C16H21F2N3O3/c17-12-7-13(18)9-14(8-12)20-15(22)19-10-16(1-4-24-11-16)21-2-5-23-6-3-21/h7-9H,1-6,10-11H2,(H2,19,20,22). The van der Waals surface area contributed by atoms with Crippen molar-refractivity contribution in [2.75, 3.05) is 51.4 Å². The molecular formula is C16H21F2N3O3. The van der Waals surface area contributed by atoms with Crippen molar-refractivity contribution in [1.29, 1.82) is 0 Å². The van der Waals surface area contributed by atoms with E-state index in [-0.39, 0.29) is 11.2 Å². The molecule has 0 saturated carbocycles. The summed E-state index contributed by atoms with van der Waals surface area (Å²) in [4.78, 5) is 14.3. The second-order valence-electron chi connectivity index (χ2n) is 6.09. The van der Waals surface area contributed by atoms with Crippen molar-refractivity contribution in [2.24, 2.45) is 0 Å². The number of hydrogen-bond donors (Lipinski definition) is 2. The smallest absolute Gasteiger partial charge is 0.319 e. The molecule has 1 aromatic carbocycles. The van der Waals surface area contributed by atoms with Crippen LogP contribution in [0.25, 0.3) is 0 Å². The molecular weight excluding hydrogens is 320 g/mol. The highest BCUT2D eigenvalue weighted by Crippen LogP contribution is 2.26. The van der Waals surface area contributed by atoms with Crippen LogP contribution in [0.1, 0.15) is 6.42 Å². The fourth-order valence-corrected chi connectivity index (χ4v) is 3.18.